The molecule has 0 N–H and O–H groups in total. The molecule has 0 bridgehead atoms. The molecule has 0 heterocycles. The molecule has 0 aromatic carbocycles. The fraction of sp³-hybridized carbons (Fsp3) is 0.939. The number of carbonyl (C=O) groups excluding carboxylic acids is 2. The summed E-state index contributed by atoms with van der Waals surface area (Å²) in [5.41, 5.74) is 0. The van der Waals surface area contributed by atoms with Crippen LogP contribution in [0, 0.1) is 11.8 Å². The molecule has 1 atom stereocenters. The van der Waals surface area contributed by atoms with Crippen LogP contribution in [-0.2, 0) is 19.1 Å². The summed E-state index contributed by atoms with van der Waals surface area (Å²) in [6.07, 6.45) is 27.0. The largest absolute Gasteiger partial charge is 0.466 e. The molecule has 37 heavy (non-hydrogen) atoms. The van der Waals surface area contributed by atoms with Crippen LogP contribution in [-0.4, -0.2) is 25.2 Å². The lowest BCUT2D eigenvalue weighted by Crippen LogP contribution is -2.23. The summed E-state index contributed by atoms with van der Waals surface area (Å²) in [6, 6.07) is 0. The zero-order valence-corrected chi connectivity index (χ0v) is 25.5. The Kier molecular flexibility index (Phi) is 27.2. The average Bonchev–Trinajstić information content (AvgIpc) is 2.88. The molecule has 0 spiro atoms. The molecule has 0 saturated carbocycles. The van der Waals surface area contributed by atoms with Gasteiger partial charge in [-0.25, -0.2) is 0 Å². The van der Waals surface area contributed by atoms with E-state index in [1.807, 2.05) is 0 Å². The van der Waals surface area contributed by atoms with E-state index in [9.17, 15) is 9.59 Å². The Bertz CT molecular complexity index is 503. The van der Waals surface area contributed by atoms with Crippen molar-refractivity contribution in [2.24, 2.45) is 11.8 Å². The van der Waals surface area contributed by atoms with Crippen LogP contribution in [0.15, 0.2) is 0 Å². The van der Waals surface area contributed by atoms with Crippen molar-refractivity contribution < 1.29 is 19.1 Å². The first kappa shape index (κ1) is 35.9. The number of ether oxygens (including phenoxy) is 2. The van der Waals surface area contributed by atoms with Gasteiger partial charge in [0.15, 0.2) is 0 Å². The van der Waals surface area contributed by atoms with E-state index in [2.05, 4.69) is 27.7 Å². The molecule has 0 fully saturated rings. The third kappa shape index (κ3) is 25.0. The molecule has 4 heteroatoms. The molecular weight excluding hydrogens is 460 g/mol. The number of hydrogen-bond donors (Lipinski definition) is 0. The highest BCUT2D eigenvalue weighted by Crippen LogP contribution is 2.22. The van der Waals surface area contributed by atoms with E-state index >= 15 is 0 Å². The Hall–Kier alpha value is -1.06. The molecule has 0 saturated heterocycles. The van der Waals surface area contributed by atoms with Crippen LogP contribution < -0.4 is 0 Å². The predicted molar refractivity (Wildman–Crippen MR) is 158 cm³/mol. The SMILES string of the molecule is CCCCCCCOC(=O)CCCCCCCCCCCCCC(C(=O)OCCCCCCC)C(C)C. The summed E-state index contributed by atoms with van der Waals surface area (Å²) in [5.74, 6) is 0.441. The van der Waals surface area contributed by atoms with Crippen molar-refractivity contribution in [3.63, 3.8) is 0 Å². The number of unbranched alkanes of at least 4 members (excludes halogenated alkanes) is 18. The van der Waals surface area contributed by atoms with Gasteiger partial charge in [0, 0.05) is 6.42 Å². The first-order chi connectivity index (χ1) is 18.0. The number of carbonyl (C=O) groups is 2. The molecule has 0 radical (unpaired) electrons. The molecule has 0 amide bonds. The molecule has 0 aliphatic carbocycles. The summed E-state index contributed by atoms with van der Waals surface area (Å²) in [4.78, 5) is 24.2. The van der Waals surface area contributed by atoms with Crippen molar-refractivity contribution in [1.82, 2.24) is 0 Å². The van der Waals surface area contributed by atoms with Crippen molar-refractivity contribution in [3.8, 4) is 0 Å². The van der Waals surface area contributed by atoms with E-state index in [0.717, 1.165) is 38.5 Å². The quantitative estimate of drug-likeness (QED) is 0.0754. The van der Waals surface area contributed by atoms with Gasteiger partial charge in [-0.05, 0) is 31.6 Å². The van der Waals surface area contributed by atoms with E-state index in [1.165, 1.54) is 103 Å². The lowest BCUT2D eigenvalue weighted by atomic mass is 9.90. The van der Waals surface area contributed by atoms with Crippen molar-refractivity contribution in [3.05, 3.63) is 0 Å². The molecule has 0 aliphatic heterocycles. The van der Waals surface area contributed by atoms with Crippen LogP contribution in [0.4, 0.5) is 0 Å². The maximum Gasteiger partial charge on any atom is 0.309 e. The van der Waals surface area contributed by atoms with Gasteiger partial charge in [0.1, 0.15) is 0 Å². The summed E-state index contributed by atoms with van der Waals surface area (Å²) in [5, 5.41) is 0. The van der Waals surface area contributed by atoms with Gasteiger partial charge in [0.25, 0.3) is 0 Å². The minimum Gasteiger partial charge on any atom is -0.466 e. The van der Waals surface area contributed by atoms with Gasteiger partial charge in [-0.2, -0.15) is 0 Å². The highest BCUT2D eigenvalue weighted by atomic mass is 16.5. The summed E-state index contributed by atoms with van der Waals surface area (Å²) in [7, 11) is 0. The van der Waals surface area contributed by atoms with E-state index in [1.54, 1.807) is 0 Å². The minimum atomic E-state index is -0.00935. The molecule has 0 aromatic rings. The fourth-order valence-electron chi connectivity index (χ4n) is 4.90. The van der Waals surface area contributed by atoms with E-state index < -0.39 is 0 Å². The first-order valence-electron chi connectivity index (χ1n) is 16.3. The van der Waals surface area contributed by atoms with Crippen molar-refractivity contribution in [2.45, 2.75) is 175 Å². The molecule has 4 nitrogen and oxygen atoms in total. The zero-order chi connectivity index (χ0) is 27.4. The highest BCUT2D eigenvalue weighted by Gasteiger charge is 2.23. The molecule has 0 rings (SSSR count). The lowest BCUT2D eigenvalue weighted by molar-refractivity contribution is -0.150. The Morgan fingerprint density at radius 1 is 0.514 bits per heavy atom. The Balaban J connectivity index is 3.51. The highest BCUT2D eigenvalue weighted by molar-refractivity contribution is 5.72. The fourth-order valence-corrected chi connectivity index (χ4v) is 4.90. The second-order valence-electron chi connectivity index (χ2n) is 11.5. The van der Waals surface area contributed by atoms with Crippen LogP contribution in [0.1, 0.15) is 175 Å². The van der Waals surface area contributed by atoms with Gasteiger partial charge in [0.05, 0.1) is 19.1 Å². The number of esters is 2. The van der Waals surface area contributed by atoms with E-state index in [0.29, 0.717) is 25.6 Å². The van der Waals surface area contributed by atoms with Crippen molar-refractivity contribution in [2.75, 3.05) is 13.2 Å². The maximum absolute atomic E-state index is 12.5. The monoisotopic (exact) mass is 524 g/mol. The van der Waals surface area contributed by atoms with Crippen molar-refractivity contribution in [1.29, 1.82) is 0 Å². The Labute approximate surface area is 231 Å². The topological polar surface area (TPSA) is 52.6 Å². The average molecular weight is 525 g/mol. The van der Waals surface area contributed by atoms with Crippen LogP contribution in [0.5, 0.6) is 0 Å². The van der Waals surface area contributed by atoms with Gasteiger partial charge in [-0.3, -0.25) is 9.59 Å². The molecule has 0 aliphatic rings. The van der Waals surface area contributed by atoms with Gasteiger partial charge < -0.3 is 9.47 Å². The molecule has 0 aromatic heterocycles. The van der Waals surface area contributed by atoms with Crippen LogP contribution >= 0.6 is 0 Å². The lowest BCUT2D eigenvalue weighted by Gasteiger charge is -2.19. The summed E-state index contributed by atoms with van der Waals surface area (Å²) in [6.45, 7) is 9.93. The first-order valence-corrected chi connectivity index (χ1v) is 16.3. The third-order valence-corrected chi connectivity index (χ3v) is 7.51. The van der Waals surface area contributed by atoms with Crippen LogP contribution in [0.25, 0.3) is 0 Å². The zero-order valence-electron chi connectivity index (χ0n) is 25.5. The summed E-state index contributed by atoms with van der Waals surface area (Å²) >= 11 is 0. The minimum absolute atomic E-state index is 0.00935. The number of hydrogen-bond acceptors (Lipinski definition) is 4. The second kappa shape index (κ2) is 28.0. The predicted octanol–water partition coefficient (Wildman–Crippen LogP) is 10.4. The summed E-state index contributed by atoms with van der Waals surface area (Å²) < 4.78 is 10.9. The smallest absolute Gasteiger partial charge is 0.309 e. The third-order valence-electron chi connectivity index (χ3n) is 7.51. The van der Waals surface area contributed by atoms with E-state index in [4.69, 9.17) is 9.47 Å². The van der Waals surface area contributed by atoms with Crippen LogP contribution in [0.3, 0.4) is 0 Å². The van der Waals surface area contributed by atoms with Crippen molar-refractivity contribution >= 4 is 11.9 Å². The Morgan fingerprint density at radius 3 is 1.41 bits per heavy atom. The van der Waals surface area contributed by atoms with E-state index in [-0.39, 0.29) is 17.9 Å². The standard InChI is InChI=1S/C33H64O4/c1-5-7-9-20-24-28-36-32(34)27-23-19-17-15-13-11-12-14-16-18-22-26-31(30(3)4)33(35)37-29-25-21-10-8-6-2/h30-31H,5-29H2,1-4H3. The van der Waals surface area contributed by atoms with Gasteiger partial charge in [0.2, 0.25) is 0 Å². The maximum atomic E-state index is 12.5. The van der Waals surface area contributed by atoms with Gasteiger partial charge >= 0.3 is 11.9 Å². The van der Waals surface area contributed by atoms with Gasteiger partial charge in [-0.15, -0.1) is 0 Å². The van der Waals surface area contributed by atoms with Gasteiger partial charge in [-0.1, -0.05) is 143 Å². The number of rotatable bonds is 28. The Morgan fingerprint density at radius 2 is 0.919 bits per heavy atom. The van der Waals surface area contributed by atoms with Crippen LogP contribution in [0.2, 0.25) is 0 Å². The molecular formula is C33H64O4. The normalized spacial score (nSPS) is 12.1. The molecule has 220 valence electrons. The molecule has 1 unspecified atom stereocenters. The second-order valence-corrected chi connectivity index (χ2v) is 11.5.